The molecule has 6 rings (SSSR count). The van der Waals surface area contributed by atoms with Gasteiger partial charge in [0.15, 0.2) is 0 Å². The molecule has 0 bridgehead atoms. The highest BCUT2D eigenvalue weighted by molar-refractivity contribution is 7.89. The highest BCUT2D eigenvalue weighted by Crippen LogP contribution is 2.32. The third kappa shape index (κ3) is 6.97. The maximum atomic E-state index is 13.4. The van der Waals surface area contributed by atoms with Crippen LogP contribution < -0.4 is 25.0 Å². The summed E-state index contributed by atoms with van der Waals surface area (Å²) in [5.41, 5.74) is 2.74. The first-order valence-electron chi connectivity index (χ1n) is 15.4. The first-order valence-corrected chi connectivity index (χ1v) is 16.9. The number of methoxy groups -OCH3 is 1. The molecule has 4 aromatic carbocycles. The molecule has 0 unspecified atom stereocenters. The number of ether oxygens (including phenoxy) is 1. The normalized spacial score (nSPS) is 16.9. The Morgan fingerprint density at radius 2 is 1.49 bits per heavy atom. The summed E-state index contributed by atoms with van der Waals surface area (Å²) >= 11 is 0. The highest BCUT2D eigenvalue weighted by atomic mass is 32.2. The Kier molecular flexibility index (Phi) is 9.04. The second kappa shape index (κ2) is 13.3. The topological polar surface area (TPSA) is 108 Å². The van der Waals surface area contributed by atoms with Crippen molar-refractivity contribution in [2.75, 3.05) is 49.8 Å². The molecule has 0 atom stereocenters. The summed E-state index contributed by atoms with van der Waals surface area (Å²) in [5.74, 6) is 2.86. The molecule has 234 valence electrons. The van der Waals surface area contributed by atoms with E-state index in [2.05, 4.69) is 15.4 Å². The second-order valence-electron chi connectivity index (χ2n) is 11.9. The number of para-hydroxylation sites is 1. The number of rotatable bonds is 11. The lowest BCUT2D eigenvalue weighted by Crippen LogP contribution is -2.32. The summed E-state index contributed by atoms with van der Waals surface area (Å²) in [6.07, 6.45) is 3.97. The smallest absolute Gasteiger partial charge is 0.241 e. The molecule has 5 aromatic rings. The molecule has 0 aliphatic heterocycles. The fourth-order valence-corrected chi connectivity index (χ4v) is 7.49. The monoisotopic (exact) mass is 624 g/mol. The van der Waals surface area contributed by atoms with E-state index in [0.717, 1.165) is 76.8 Å². The predicted molar refractivity (Wildman–Crippen MR) is 183 cm³/mol. The van der Waals surface area contributed by atoms with Gasteiger partial charge in [-0.3, -0.25) is 0 Å². The van der Waals surface area contributed by atoms with Crippen molar-refractivity contribution in [2.24, 2.45) is 11.8 Å². The molecule has 1 heterocycles. The van der Waals surface area contributed by atoms with Crippen molar-refractivity contribution in [3.05, 3.63) is 84.9 Å². The Bertz CT molecular complexity index is 1910. The molecule has 1 fully saturated rings. The van der Waals surface area contributed by atoms with Gasteiger partial charge in [0.1, 0.15) is 11.6 Å². The molecule has 1 saturated carbocycles. The minimum Gasteiger partial charge on any atom is -0.497 e. The number of sulfonamides is 1. The van der Waals surface area contributed by atoms with Crippen LogP contribution in [0.2, 0.25) is 0 Å². The quantitative estimate of drug-likeness (QED) is 0.147. The van der Waals surface area contributed by atoms with E-state index in [-0.39, 0.29) is 0 Å². The van der Waals surface area contributed by atoms with Crippen molar-refractivity contribution in [2.45, 2.75) is 30.6 Å². The standard InChI is InChI=1S/C35H40N6O3S/c1-41(2)32-15-7-13-29-28(32)12-8-16-33(29)45(42,43)37-23-25-19-17-24(18-20-25)22-36-35-39-31-14-5-4-11-30(31)34(40-35)38-26-9-6-10-27(21-26)44-3/h4-16,21,24-25,37H,17-20,22-23H2,1-3H3,(H2,36,38,39,40)/t24-,25-. The van der Waals surface area contributed by atoms with Gasteiger partial charge >= 0.3 is 0 Å². The summed E-state index contributed by atoms with van der Waals surface area (Å²) in [6, 6.07) is 27.0. The van der Waals surface area contributed by atoms with Crippen LogP contribution in [0.4, 0.5) is 23.1 Å². The third-order valence-electron chi connectivity index (χ3n) is 8.64. The lowest BCUT2D eigenvalue weighted by Gasteiger charge is -2.29. The van der Waals surface area contributed by atoms with Gasteiger partial charge in [0.05, 0.1) is 17.5 Å². The zero-order valence-electron chi connectivity index (χ0n) is 26.0. The molecule has 0 radical (unpaired) electrons. The summed E-state index contributed by atoms with van der Waals surface area (Å²) in [4.78, 5) is 11.9. The number of aromatic nitrogens is 2. The minimum absolute atomic E-state index is 0.305. The molecule has 10 heteroatoms. The Morgan fingerprint density at radius 1 is 0.800 bits per heavy atom. The summed E-state index contributed by atoms with van der Waals surface area (Å²) in [6.45, 7) is 1.21. The van der Waals surface area contributed by atoms with Gasteiger partial charge in [-0.25, -0.2) is 18.1 Å². The number of fused-ring (bicyclic) bond motifs is 2. The number of nitrogens with one attached hydrogen (secondary N) is 3. The fraction of sp³-hybridized carbons (Fsp3) is 0.314. The molecule has 1 aliphatic carbocycles. The van der Waals surface area contributed by atoms with E-state index in [9.17, 15) is 8.42 Å². The van der Waals surface area contributed by atoms with E-state index in [1.807, 2.05) is 97.9 Å². The Morgan fingerprint density at radius 3 is 2.27 bits per heavy atom. The molecule has 3 N–H and O–H groups in total. The number of nitrogens with zero attached hydrogens (tertiary/aromatic N) is 3. The van der Waals surface area contributed by atoms with Gasteiger partial charge < -0.3 is 20.3 Å². The maximum absolute atomic E-state index is 13.4. The van der Waals surface area contributed by atoms with Crippen LogP contribution >= 0.6 is 0 Å². The average Bonchev–Trinajstić information content (AvgIpc) is 3.06. The third-order valence-corrected chi connectivity index (χ3v) is 10.1. The lowest BCUT2D eigenvalue weighted by atomic mass is 9.82. The van der Waals surface area contributed by atoms with Crippen molar-refractivity contribution in [1.29, 1.82) is 0 Å². The van der Waals surface area contributed by atoms with Gasteiger partial charge in [0.2, 0.25) is 16.0 Å². The maximum Gasteiger partial charge on any atom is 0.241 e. The summed E-state index contributed by atoms with van der Waals surface area (Å²) in [5, 5.41) is 9.51. The number of hydrogen-bond acceptors (Lipinski definition) is 8. The van der Waals surface area contributed by atoms with Crippen LogP contribution in [-0.2, 0) is 10.0 Å². The van der Waals surface area contributed by atoms with Crippen LogP contribution in [0.25, 0.3) is 21.7 Å². The number of benzene rings is 4. The van der Waals surface area contributed by atoms with Gasteiger partial charge in [-0.1, -0.05) is 42.5 Å². The van der Waals surface area contributed by atoms with Crippen LogP contribution in [0.3, 0.4) is 0 Å². The molecule has 45 heavy (non-hydrogen) atoms. The molecule has 9 nitrogen and oxygen atoms in total. The van der Waals surface area contributed by atoms with Crippen LogP contribution in [0.1, 0.15) is 25.7 Å². The zero-order chi connectivity index (χ0) is 31.4. The first kappa shape index (κ1) is 30.6. The molecular formula is C35H40N6O3S. The van der Waals surface area contributed by atoms with Crippen molar-refractivity contribution in [3.8, 4) is 5.75 Å². The van der Waals surface area contributed by atoms with E-state index in [4.69, 9.17) is 14.7 Å². The van der Waals surface area contributed by atoms with Gasteiger partial charge in [-0.2, -0.15) is 4.98 Å². The number of anilines is 4. The van der Waals surface area contributed by atoms with Gasteiger partial charge in [0, 0.05) is 60.8 Å². The number of hydrogen-bond donors (Lipinski definition) is 3. The van der Waals surface area contributed by atoms with E-state index >= 15 is 0 Å². The Hall–Kier alpha value is -4.41. The zero-order valence-corrected chi connectivity index (χ0v) is 26.8. The molecule has 0 spiro atoms. The summed E-state index contributed by atoms with van der Waals surface area (Å²) in [7, 11) is 1.94. The Labute approximate surface area is 265 Å². The molecular weight excluding hydrogens is 584 g/mol. The van der Waals surface area contributed by atoms with Crippen LogP contribution in [0.15, 0.2) is 89.8 Å². The van der Waals surface area contributed by atoms with Crippen molar-refractivity contribution < 1.29 is 13.2 Å². The van der Waals surface area contributed by atoms with Crippen LogP contribution in [0, 0.1) is 11.8 Å². The SMILES string of the molecule is COc1cccc(Nc2nc(NC[C@H]3CC[C@H](CNS(=O)(=O)c4cccc5c(N(C)C)cccc45)CC3)nc3ccccc23)c1. The minimum atomic E-state index is -3.65. The molecule has 0 saturated heterocycles. The predicted octanol–water partition coefficient (Wildman–Crippen LogP) is 6.80. The molecule has 1 aromatic heterocycles. The Balaban J connectivity index is 1.06. The summed E-state index contributed by atoms with van der Waals surface area (Å²) < 4.78 is 35.1. The average molecular weight is 625 g/mol. The van der Waals surface area contributed by atoms with Crippen LogP contribution in [0.5, 0.6) is 5.75 Å². The van der Waals surface area contributed by atoms with Gasteiger partial charge in [0.25, 0.3) is 0 Å². The first-order chi connectivity index (χ1) is 21.8. The van der Waals surface area contributed by atoms with Crippen molar-refractivity contribution >= 4 is 54.8 Å². The van der Waals surface area contributed by atoms with Gasteiger partial charge in [-0.05, 0) is 73.9 Å². The van der Waals surface area contributed by atoms with Crippen molar-refractivity contribution in [3.63, 3.8) is 0 Å². The van der Waals surface area contributed by atoms with E-state index < -0.39 is 10.0 Å². The van der Waals surface area contributed by atoms with E-state index in [0.29, 0.717) is 29.2 Å². The van der Waals surface area contributed by atoms with Crippen LogP contribution in [-0.4, -0.2) is 52.7 Å². The second-order valence-corrected chi connectivity index (χ2v) is 13.6. The largest absolute Gasteiger partial charge is 0.497 e. The lowest BCUT2D eigenvalue weighted by molar-refractivity contribution is 0.284. The van der Waals surface area contributed by atoms with E-state index in [1.165, 1.54) is 0 Å². The van der Waals surface area contributed by atoms with Gasteiger partial charge in [-0.15, -0.1) is 0 Å². The molecule has 0 amide bonds. The highest BCUT2D eigenvalue weighted by Gasteiger charge is 2.25. The van der Waals surface area contributed by atoms with Crippen molar-refractivity contribution in [1.82, 2.24) is 14.7 Å². The van der Waals surface area contributed by atoms with E-state index in [1.54, 1.807) is 13.2 Å². The molecule has 1 aliphatic rings. The fourth-order valence-electron chi connectivity index (χ4n) is 6.16.